The molecule has 0 bridgehead atoms. The van der Waals surface area contributed by atoms with E-state index in [9.17, 15) is 9.90 Å². The highest BCUT2D eigenvalue weighted by Gasteiger charge is 2.13. The molecule has 2 aromatic carbocycles. The topological polar surface area (TPSA) is 68.7 Å². The molecule has 1 heterocycles. The minimum absolute atomic E-state index is 0.101. The van der Waals surface area contributed by atoms with Crippen LogP contribution in [0, 0.1) is 0 Å². The number of hydrogen-bond donors (Lipinski definition) is 1. The highest BCUT2D eigenvalue weighted by Crippen LogP contribution is 2.27. The maximum atomic E-state index is 11.6. The smallest absolute Gasteiger partial charge is 0.336 e. The van der Waals surface area contributed by atoms with E-state index >= 15 is 0 Å². The SMILES string of the molecule is COCOc1ccc2nc(-c3ccccc3)cc(C(=O)O)c2c1. The molecule has 0 saturated heterocycles. The van der Waals surface area contributed by atoms with Crippen molar-refractivity contribution in [2.24, 2.45) is 0 Å². The van der Waals surface area contributed by atoms with E-state index in [1.165, 1.54) is 7.11 Å². The van der Waals surface area contributed by atoms with Gasteiger partial charge in [-0.3, -0.25) is 0 Å². The summed E-state index contributed by atoms with van der Waals surface area (Å²) in [5.74, 6) is -0.463. The van der Waals surface area contributed by atoms with Gasteiger partial charge in [0, 0.05) is 18.1 Å². The number of rotatable bonds is 5. The summed E-state index contributed by atoms with van der Waals surface area (Å²) in [7, 11) is 1.53. The van der Waals surface area contributed by atoms with E-state index in [1.807, 2.05) is 30.3 Å². The first kappa shape index (κ1) is 15.0. The zero-order valence-corrected chi connectivity index (χ0v) is 12.5. The first-order chi connectivity index (χ1) is 11.2. The van der Waals surface area contributed by atoms with E-state index in [2.05, 4.69) is 4.98 Å². The first-order valence-electron chi connectivity index (χ1n) is 7.04. The summed E-state index contributed by atoms with van der Waals surface area (Å²) in [6.45, 7) is 0.101. The van der Waals surface area contributed by atoms with Crippen molar-refractivity contribution in [1.82, 2.24) is 4.98 Å². The molecule has 5 nitrogen and oxygen atoms in total. The van der Waals surface area contributed by atoms with Gasteiger partial charge in [-0.1, -0.05) is 30.3 Å². The van der Waals surface area contributed by atoms with Gasteiger partial charge >= 0.3 is 5.97 Å². The lowest BCUT2D eigenvalue weighted by Gasteiger charge is -2.10. The highest BCUT2D eigenvalue weighted by atomic mass is 16.7. The quantitative estimate of drug-likeness (QED) is 0.730. The minimum Gasteiger partial charge on any atom is -0.478 e. The third-order valence-corrected chi connectivity index (χ3v) is 3.42. The average Bonchev–Trinajstić information content (AvgIpc) is 2.59. The van der Waals surface area contributed by atoms with Crippen LogP contribution in [-0.2, 0) is 4.74 Å². The number of pyridine rings is 1. The summed E-state index contributed by atoms with van der Waals surface area (Å²) >= 11 is 0. The van der Waals surface area contributed by atoms with E-state index in [0.717, 1.165) is 5.56 Å². The summed E-state index contributed by atoms with van der Waals surface area (Å²) in [6, 6.07) is 16.2. The minimum atomic E-state index is -1.00. The van der Waals surface area contributed by atoms with E-state index in [0.29, 0.717) is 22.3 Å². The molecule has 0 spiro atoms. The second-order valence-electron chi connectivity index (χ2n) is 4.96. The van der Waals surface area contributed by atoms with Crippen molar-refractivity contribution in [3.63, 3.8) is 0 Å². The Labute approximate surface area is 133 Å². The fourth-order valence-corrected chi connectivity index (χ4v) is 2.36. The maximum absolute atomic E-state index is 11.6. The average molecular weight is 309 g/mol. The molecule has 3 rings (SSSR count). The van der Waals surface area contributed by atoms with Crippen LogP contribution in [0.2, 0.25) is 0 Å². The van der Waals surface area contributed by atoms with Crippen LogP contribution in [0.15, 0.2) is 54.6 Å². The van der Waals surface area contributed by atoms with Crippen molar-refractivity contribution in [2.75, 3.05) is 13.9 Å². The standard InChI is InChI=1S/C18H15NO4/c1-22-11-23-13-7-8-16-14(9-13)15(18(20)21)10-17(19-16)12-5-3-2-4-6-12/h2-10H,11H2,1H3,(H,20,21). The van der Waals surface area contributed by atoms with Gasteiger partial charge in [0.25, 0.3) is 0 Å². The molecule has 1 N–H and O–H groups in total. The van der Waals surface area contributed by atoms with Crippen molar-refractivity contribution >= 4 is 16.9 Å². The molecule has 0 aliphatic carbocycles. The van der Waals surface area contributed by atoms with Gasteiger partial charge in [-0.25, -0.2) is 9.78 Å². The molecule has 1 aromatic heterocycles. The van der Waals surface area contributed by atoms with Gasteiger partial charge < -0.3 is 14.6 Å². The van der Waals surface area contributed by atoms with Crippen LogP contribution < -0.4 is 4.74 Å². The molecule has 5 heteroatoms. The number of aromatic nitrogens is 1. The molecule has 0 fully saturated rings. The Morgan fingerprint density at radius 1 is 1.13 bits per heavy atom. The largest absolute Gasteiger partial charge is 0.478 e. The highest BCUT2D eigenvalue weighted by molar-refractivity contribution is 6.04. The number of carbonyl (C=O) groups is 1. The number of methoxy groups -OCH3 is 1. The number of carboxylic acids is 1. The zero-order chi connectivity index (χ0) is 16.2. The van der Waals surface area contributed by atoms with Crippen molar-refractivity contribution in [1.29, 1.82) is 0 Å². The van der Waals surface area contributed by atoms with Crippen LogP contribution in [0.4, 0.5) is 0 Å². The van der Waals surface area contributed by atoms with Crippen LogP contribution in [0.25, 0.3) is 22.2 Å². The second kappa shape index (κ2) is 6.46. The lowest BCUT2D eigenvalue weighted by molar-refractivity contribution is 0.0512. The monoisotopic (exact) mass is 309 g/mol. The number of hydrogen-bond acceptors (Lipinski definition) is 4. The Morgan fingerprint density at radius 3 is 2.61 bits per heavy atom. The number of benzene rings is 2. The summed E-state index contributed by atoms with van der Waals surface area (Å²) in [6.07, 6.45) is 0. The van der Waals surface area contributed by atoms with Gasteiger partial charge in [0.15, 0.2) is 6.79 Å². The molecule has 0 atom stereocenters. The van der Waals surface area contributed by atoms with Crippen LogP contribution in [0.3, 0.4) is 0 Å². The number of nitrogens with zero attached hydrogens (tertiary/aromatic N) is 1. The Bertz CT molecular complexity index is 846. The number of carboxylic acid groups (broad SMARTS) is 1. The summed E-state index contributed by atoms with van der Waals surface area (Å²) in [4.78, 5) is 16.2. The summed E-state index contributed by atoms with van der Waals surface area (Å²) in [5, 5.41) is 10.1. The molecular formula is C18H15NO4. The lowest BCUT2D eigenvalue weighted by atomic mass is 10.0. The third kappa shape index (κ3) is 3.14. The van der Waals surface area contributed by atoms with Crippen molar-refractivity contribution in [3.8, 4) is 17.0 Å². The van der Waals surface area contributed by atoms with Crippen LogP contribution >= 0.6 is 0 Å². The van der Waals surface area contributed by atoms with Gasteiger partial charge in [0.05, 0.1) is 16.8 Å². The van der Waals surface area contributed by atoms with Crippen molar-refractivity contribution < 1.29 is 19.4 Å². The Kier molecular flexibility index (Phi) is 4.21. The van der Waals surface area contributed by atoms with Gasteiger partial charge in [-0.05, 0) is 24.3 Å². The molecule has 116 valence electrons. The molecule has 0 saturated carbocycles. The molecule has 0 radical (unpaired) electrons. The maximum Gasteiger partial charge on any atom is 0.336 e. The third-order valence-electron chi connectivity index (χ3n) is 3.42. The van der Waals surface area contributed by atoms with E-state index in [1.54, 1.807) is 24.3 Å². The van der Waals surface area contributed by atoms with E-state index in [4.69, 9.17) is 9.47 Å². The van der Waals surface area contributed by atoms with Gasteiger partial charge in [0.1, 0.15) is 5.75 Å². The number of ether oxygens (including phenoxy) is 2. The lowest BCUT2D eigenvalue weighted by Crippen LogP contribution is -2.02. The van der Waals surface area contributed by atoms with Gasteiger partial charge in [-0.15, -0.1) is 0 Å². The van der Waals surface area contributed by atoms with Crippen molar-refractivity contribution in [3.05, 3.63) is 60.2 Å². The fraction of sp³-hybridized carbons (Fsp3) is 0.111. The zero-order valence-electron chi connectivity index (χ0n) is 12.5. The second-order valence-corrected chi connectivity index (χ2v) is 4.96. The van der Waals surface area contributed by atoms with E-state index in [-0.39, 0.29) is 12.4 Å². The van der Waals surface area contributed by atoms with Gasteiger partial charge in [0.2, 0.25) is 0 Å². The molecule has 0 aliphatic heterocycles. The Hall–Kier alpha value is -2.92. The molecule has 0 unspecified atom stereocenters. The Morgan fingerprint density at radius 2 is 1.91 bits per heavy atom. The number of fused-ring (bicyclic) bond motifs is 1. The summed E-state index contributed by atoms with van der Waals surface area (Å²) in [5.41, 5.74) is 2.29. The Balaban J connectivity index is 2.15. The molecule has 23 heavy (non-hydrogen) atoms. The van der Waals surface area contributed by atoms with Crippen molar-refractivity contribution in [2.45, 2.75) is 0 Å². The van der Waals surface area contributed by atoms with E-state index < -0.39 is 5.97 Å². The predicted molar refractivity (Wildman–Crippen MR) is 86.6 cm³/mol. The molecule has 0 aliphatic rings. The van der Waals surface area contributed by atoms with Crippen LogP contribution in [0.1, 0.15) is 10.4 Å². The van der Waals surface area contributed by atoms with Gasteiger partial charge in [-0.2, -0.15) is 0 Å². The van der Waals surface area contributed by atoms with Crippen LogP contribution in [0.5, 0.6) is 5.75 Å². The summed E-state index contributed by atoms with van der Waals surface area (Å²) < 4.78 is 10.2. The molecule has 0 amide bonds. The van der Waals surface area contributed by atoms with Crippen LogP contribution in [-0.4, -0.2) is 30.0 Å². The molecular weight excluding hydrogens is 294 g/mol. The predicted octanol–water partition coefficient (Wildman–Crippen LogP) is 3.58. The normalized spacial score (nSPS) is 10.7. The fourth-order valence-electron chi connectivity index (χ4n) is 2.36. The first-order valence-corrected chi connectivity index (χ1v) is 7.04. The number of aromatic carboxylic acids is 1. The molecule has 3 aromatic rings.